The van der Waals surface area contributed by atoms with E-state index < -0.39 is 0 Å². The number of likely N-dealkylation sites (N-methyl/N-ethyl adjacent to an activating group) is 1. The predicted molar refractivity (Wildman–Crippen MR) is 93.7 cm³/mol. The second kappa shape index (κ2) is 8.08. The van der Waals surface area contributed by atoms with E-state index in [1.165, 1.54) is 0 Å². The highest BCUT2D eigenvalue weighted by Gasteiger charge is 2.12. The van der Waals surface area contributed by atoms with Crippen LogP contribution >= 0.6 is 11.3 Å². The average molecular weight is 333 g/mol. The molecular weight excluding hydrogens is 310 g/mol. The molecule has 0 unspecified atom stereocenters. The molecule has 1 amide bonds. The molecule has 124 valence electrons. The molecule has 0 bridgehead atoms. The van der Waals surface area contributed by atoms with Gasteiger partial charge in [-0.3, -0.25) is 9.69 Å². The second-order valence-corrected chi connectivity index (χ2v) is 6.66. The zero-order valence-corrected chi connectivity index (χ0v) is 14.8. The smallest absolute Gasteiger partial charge is 0.234 e. The number of hydrogen-bond donors (Lipinski definition) is 1. The molecule has 5 nitrogen and oxygen atoms in total. The van der Waals surface area contributed by atoms with Gasteiger partial charge in [-0.15, -0.1) is 11.3 Å². The number of methoxy groups -OCH3 is 1. The van der Waals surface area contributed by atoms with Gasteiger partial charge >= 0.3 is 0 Å². The number of rotatable bonds is 7. The Balaban J connectivity index is 2.01. The van der Waals surface area contributed by atoms with E-state index >= 15 is 0 Å². The van der Waals surface area contributed by atoms with E-state index in [4.69, 9.17) is 4.74 Å². The van der Waals surface area contributed by atoms with Gasteiger partial charge in [-0.25, -0.2) is 4.98 Å². The summed E-state index contributed by atoms with van der Waals surface area (Å²) < 4.78 is 5.38. The number of thiazole rings is 1. The minimum atomic E-state index is 0.0315. The number of carbonyl (C=O) groups excluding carboxylic acids is 1. The van der Waals surface area contributed by atoms with Gasteiger partial charge in [0.1, 0.15) is 10.8 Å². The predicted octanol–water partition coefficient (Wildman–Crippen LogP) is 2.78. The van der Waals surface area contributed by atoms with Crippen molar-refractivity contribution >= 4 is 17.2 Å². The molecule has 1 aromatic heterocycles. The molecular formula is C17H23N3O2S. The lowest BCUT2D eigenvalue weighted by molar-refractivity contribution is -0.122. The van der Waals surface area contributed by atoms with E-state index in [1.807, 2.05) is 55.4 Å². The Labute approximate surface area is 141 Å². The fraction of sp³-hybridized carbons (Fsp3) is 0.412. The summed E-state index contributed by atoms with van der Waals surface area (Å²) in [6, 6.07) is 8.00. The molecule has 1 aromatic carbocycles. The first-order chi connectivity index (χ1) is 11.0. The van der Waals surface area contributed by atoms with Crippen molar-refractivity contribution in [3.05, 3.63) is 34.7 Å². The number of nitrogens with zero attached hydrogens (tertiary/aromatic N) is 2. The summed E-state index contributed by atoms with van der Waals surface area (Å²) in [5, 5.41) is 5.89. The molecule has 2 rings (SSSR count). The van der Waals surface area contributed by atoms with Crippen LogP contribution in [0, 0.1) is 0 Å². The Kier molecular flexibility index (Phi) is 6.12. The van der Waals surface area contributed by atoms with Crippen molar-refractivity contribution in [2.45, 2.75) is 26.4 Å². The summed E-state index contributed by atoms with van der Waals surface area (Å²) in [5.74, 6) is 0.845. The fourth-order valence-electron chi connectivity index (χ4n) is 2.26. The van der Waals surface area contributed by atoms with Crippen molar-refractivity contribution in [3.8, 4) is 17.0 Å². The number of benzene rings is 1. The number of carbonyl (C=O) groups is 1. The van der Waals surface area contributed by atoms with Crippen molar-refractivity contribution in [1.29, 1.82) is 0 Å². The van der Waals surface area contributed by atoms with Gasteiger partial charge in [0.2, 0.25) is 5.91 Å². The third-order valence-corrected chi connectivity index (χ3v) is 4.04. The van der Waals surface area contributed by atoms with Crippen LogP contribution in [0.4, 0.5) is 0 Å². The van der Waals surface area contributed by atoms with Gasteiger partial charge in [0.05, 0.1) is 25.9 Å². The van der Waals surface area contributed by atoms with Crippen LogP contribution in [0.5, 0.6) is 5.75 Å². The van der Waals surface area contributed by atoms with E-state index in [1.54, 1.807) is 18.4 Å². The second-order valence-electron chi connectivity index (χ2n) is 5.72. The molecule has 0 aliphatic heterocycles. The molecule has 1 N–H and O–H groups in total. The zero-order valence-electron chi connectivity index (χ0n) is 14.0. The van der Waals surface area contributed by atoms with E-state index in [2.05, 4.69) is 10.3 Å². The lowest BCUT2D eigenvalue weighted by atomic mass is 10.1. The highest BCUT2D eigenvalue weighted by Crippen LogP contribution is 2.30. The molecule has 23 heavy (non-hydrogen) atoms. The van der Waals surface area contributed by atoms with Gasteiger partial charge in [0, 0.05) is 17.0 Å². The third-order valence-electron chi connectivity index (χ3n) is 3.20. The third kappa shape index (κ3) is 5.04. The van der Waals surface area contributed by atoms with Gasteiger partial charge in [0.25, 0.3) is 0 Å². The van der Waals surface area contributed by atoms with Gasteiger partial charge in [0.15, 0.2) is 0 Å². The Morgan fingerprint density at radius 1 is 1.39 bits per heavy atom. The summed E-state index contributed by atoms with van der Waals surface area (Å²) in [6.45, 7) is 4.92. The number of ether oxygens (including phenoxy) is 1. The van der Waals surface area contributed by atoms with Gasteiger partial charge in [-0.2, -0.15) is 0 Å². The minimum Gasteiger partial charge on any atom is -0.496 e. The number of aromatic nitrogens is 1. The van der Waals surface area contributed by atoms with Gasteiger partial charge in [-0.1, -0.05) is 12.1 Å². The molecule has 0 radical (unpaired) electrons. The molecule has 0 atom stereocenters. The lowest BCUT2D eigenvalue weighted by Crippen LogP contribution is -2.38. The maximum Gasteiger partial charge on any atom is 0.234 e. The van der Waals surface area contributed by atoms with Crippen molar-refractivity contribution in [3.63, 3.8) is 0 Å². The molecule has 0 saturated carbocycles. The summed E-state index contributed by atoms with van der Waals surface area (Å²) in [5.41, 5.74) is 1.89. The van der Waals surface area contributed by atoms with E-state index in [9.17, 15) is 4.79 Å². The van der Waals surface area contributed by atoms with Crippen molar-refractivity contribution in [2.24, 2.45) is 0 Å². The van der Waals surface area contributed by atoms with Crippen LogP contribution in [0.25, 0.3) is 11.3 Å². The SMILES string of the molecule is COc1ccccc1-c1csc(CN(C)CC(=O)NC(C)C)n1. The van der Waals surface area contributed by atoms with Crippen LogP contribution in [-0.4, -0.2) is 42.5 Å². The first-order valence-electron chi connectivity index (χ1n) is 7.55. The molecule has 2 aromatic rings. The topological polar surface area (TPSA) is 54.5 Å². The van der Waals surface area contributed by atoms with Crippen molar-refractivity contribution in [2.75, 3.05) is 20.7 Å². The molecule has 0 fully saturated rings. The number of nitrogens with one attached hydrogen (secondary N) is 1. The minimum absolute atomic E-state index is 0.0315. The summed E-state index contributed by atoms with van der Waals surface area (Å²) in [7, 11) is 3.58. The standard InChI is InChI=1S/C17H23N3O2S/c1-12(2)18-16(21)9-20(3)10-17-19-14(11-23-17)13-7-5-6-8-15(13)22-4/h5-8,11-12H,9-10H2,1-4H3,(H,18,21). The van der Waals surface area contributed by atoms with Gasteiger partial charge in [-0.05, 0) is 33.0 Å². The summed E-state index contributed by atoms with van der Waals surface area (Å²) in [6.07, 6.45) is 0. The molecule has 0 aliphatic rings. The normalized spacial score (nSPS) is 11.0. The molecule has 0 saturated heterocycles. The molecule has 0 aliphatic carbocycles. The average Bonchev–Trinajstić information content (AvgIpc) is 2.94. The Morgan fingerprint density at radius 2 is 2.13 bits per heavy atom. The van der Waals surface area contributed by atoms with Crippen LogP contribution < -0.4 is 10.1 Å². The van der Waals surface area contributed by atoms with Crippen LogP contribution in [0.3, 0.4) is 0 Å². The summed E-state index contributed by atoms with van der Waals surface area (Å²) in [4.78, 5) is 18.4. The van der Waals surface area contributed by atoms with Crippen LogP contribution in [0.1, 0.15) is 18.9 Å². The number of hydrogen-bond acceptors (Lipinski definition) is 5. The first-order valence-corrected chi connectivity index (χ1v) is 8.43. The zero-order chi connectivity index (χ0) is 16.8. The lowest BCUT2D eigenvalue weighted by Gasteiger charge is -2.16. The number of amides is 1. The van der Waals surface area contributed by atoms with E-state index in [0.29, 0.717) is 13.1 Å². The Morgan fingerprint density at radius 3 is 2.83 bits per heavy atom. The molecule has 6 heteroatoms. The number of para-hydroxylation sites is 1. The maximum absolute atomic E-state index is 11.8. The highest BCUT2D eigenvalue weighted by molar-refractivity contribution is 7.09. The fourth-order valence-corrected chi connectivity index (χ4v) is 3.14. The quantitative estimate of drug-likeness (QED) is 0.846. The van der Waals surface area contributed by atoms with Crippen LogP contribution in [0.15, 0.2) is 29.6 Å². The van der Waals surface area contributed by atoms with Gasteiger partial charge < -0.3 is 10.1 Å². The monoisotopic (exact) mass is 333 g/mol. The van der Waals surface area contributed by atoms with Crippen LogP contribution in [-0.2, 0) is 11.3 Å². The Bertz CT molecular complexity index is 655. The Hall–Kier alpha value is -1.92. The maximum atomic E-state index is 11.8. The molecule has 1 heterocycles. The van der Waals surface area contributed by atoms with E-state index in [-0.39, 0.29) is 11.9 Å². The highest BCUT2D eigenvalue weighted by atomic mass is 32.1. The van der Waals surface area contributed by atoms with Crippen molar-refractivity contribution in [1.82, 2.24) is 15.2 Å². The van der Waals surface area contributed by atoms with Crippen LogP contribution in [0.2, 0.25) is 0 Å². The first kappa shape index (κ1) is 17.4. The molecule has 0 spiro atoms. The largest absolute Gasteiger partial charge is 0.496 e. The van der Waals surface area contributed by atoms with E-state index in [0.717, 1.165) is 22.0 Å². The summed E-state index contributed by atoms with van der Waals surface area (Å²) >= 11 is 1.59. The van der Waals surface area contributed by atoms with Crippen molar-refractivity contribution < 1.29 is 9.53 Å².